The number of amides is 1. The Morgan fingerprint density at radius 3 is 2.75 bits per heavy atom. The fraction of sp³-hybridized carbons (Fsp3) is 0.458. The number of likely N-dealkylation sites (tertiary alicyclic amines) is 1. The predicted octanol–water partition coefficient (Wildman–Crippen LogP) is 4.64. The molecule has 0 radical (unpaired) electrons. The van der Waals surface area contributed by atoms with Gasteiger partial charge >= 0.3 is 6.09 Å². The Labute approximate surface area is 186 Å². The van der Waals surface area contributed by atoms with Crippen LogP contribution >= 0.6 is 0 Å². The van der Waals surface area contributed by atoms with E-state index in [0.717, 1.165) is 17.0 Å². The molecule has 2 fully saturated rings. The van der Waals surface area contributed by atoms with Crippen molar-refractivity contribution in [2.45, 2.75) is 57.3 Å². The third kappa shape index (κ3) is 4.26. The van der Waals surface area contributed by atoms with E-state index in [1.807, 2.05) is 30.5 Å². The highest BCUT2D eigenvalue weighted by Gasteiger charge is 2.37. The van der Waals surface area contributed by atoms with Crippen molar-refractivity contribution in [2.24, 2.45) is 0 Å². The lowest BCUT2D eigenvalue weighted by Gasteiger charge is -2.24. The summed E-state index contributed by atoms with van der Waals surface area (Å²) in [5.41, 5.74) is 3.23. The van der Waals surface area contributed by atoms with Crippen LogP contribution < -0.4 is 5.32 Å². The fourth-order valence-corrected chi connectivity index (χ4v) is 4.07. The molecular formula is C24H28FN5O2. The topological polar surface area (TPSA) is 71.8 Å². The first-order chi connectivity index (χ1) is 15.3. The van der Waals surface area contributed by atoms with Gasteiger partial charge in [-0.15, -0.1) is 0 Å². The van der Waals surface area contributed by atoms with Gasteiger partial charge in [0.05, 0.1) is 30.2 Å². The van der Waals surface area contributed by atoms with Crippen LogP contribution in [0, 0.1) is 0 Å². The zero-order valence-electron chi connectivity index (χ0n) is 18.6. The number of imidazole rings is 1. The van der Waals surface area contributed by atoms with Crippen molar-refractivity contribution in [3.05, 3.63) is 48.3 Å². The van der Waals surface area contributed by atoms with Gasteiger partial charge in [0.2, 0.25) is 0 Å². The van der Waals surface area contributed by atoms with Crippen LogP contribution in [0.5, 0.6) is 0 Å². The van der Waals surface area contributed by atoms with Gasteiger partial charge in [0.1, 0.15) is 23.2 Å². The van der Waals surface area contributed by atoms with E-state index in [1.165, 1.54) is 23.3 Å². The molecule has 0 bridgehead atoms. The maximum absolute atomic E-state index is 14.7. The van der Waals surface area contributed by atoms with E-state index >= 15 is 0 Å². The van der Waals surface area contributed by atoms with Crippen molar-refractivity contribution in [1.29, 1.82) is 0 Å². The van der Waals surface area contributed by atoms with E-state index in [-0.39, 0.29) is 13.1 Å². The number of pyridine rings is 2. The number of aromatic nitrogens is 3. The van der Waals surface area contributed by atoms with Gasteiger partial charge in [-0.3, -0.25) is 4.40 Å². The molecule has 1 amide bonds. The molecule has 2 atom stereocenters. The maximum Gasteiger partial charge on any atom is 0.410 e. The Morgan fingerprint density at radius 2 is 2.00 bits per heavy atom. The second-order valence-electron chi connectivity index (χ2n) is 9.67. The molecule has 1 saturated heterocycles. The van der Waals surface area contributed by atoms with Gasteiger partial charge in [-0.05, 0) is 63.3 Å². The summed E-state index contributed by atoms with van der Waals surface area (Å²) in [7, 11) is 0. The van der Waals surface area contributed by atoms with Crippen molar-refractivity contribution in [3.8, 4) is 11.4 Å². The zero-order chi connectivity index (χ0) is 22.5. The van der Waals surface area contributed by atoms with Gasteiger partial charge < -0.3 is 15.0 Å². The number of nitrogens with one attached hydrogen (secondary N) is 1. The molecule has 0 unspecified atom stereocenters. The lowest BCUT2D eigenvalue weighted by Crippen LogP contribution is -2.36. The lowest BCUT2D eigenvalue weighted by molar-refractivity contribution is 0.0283. The summed E-state index contributed by atoms with van der Waals surface area (Å²) in [6.45, 7) is 5.62. The zero-order valence-corrected chi connectivity index (χ0v) is 18.6. The molecule has 3 aromatic rings. The number of hydrogen-bond donors (Lipinski definition) is 1. The highest BCUT2D eigenvalue weighted by atomic mass is 19.1. The summed E-state index contributed by atoms with van der Waals surface area (Å²) in [5, 5.41) is 3.16. The van der Waals surface area contributed by atoms with Crippen molar-refractivity contribution in [1.82, 2.24) is 19.3 Å². The minimum absolute atomic E-state index is 0.00345. The maximum atomic E-state index is 14.7. The molecule has 4 heterocycles. The molecule has 1 aliphatic carbocycles. The Bertz CT molecular complexity index is 1150. The number of carbonyl (C=O) groups is 1. The fourth-order valence-electron chi connectivity index (χ4n) is 4.07. The van der Waals surface area contributed by atoms with Crippen LogP contribution in [0.4, 0.5) is 15.0 Å². The normalized spacial score (nSPS) is 21.2. The Balaban J connectivity index is 1.33. The van der Waals surface area contributed by atoms with Crippen LogP contribution in [0.15, 0.2) is 42.7 Å². The molecule has 1 N–H and O–H groups in total. The first-order valence-electron chi connectivity index (χ1n) is 11.1. The van der Waals surface area contributed by atoms with Gasteiger partial charge in [0.15, 0.2) is 0 Å². The second kappa shape index (κ2) is 7.76. The van der Waals surface area contributed by atoms with E-state index < -0.39 is 23.9 Å². The summed E-state index contributed by atoms with van der Waals surface area (Å²) in [5.74, 6) is 1.21. The molecule has 1 aliphatic heterocycles. The second-order valence-corrected chi connectivity index (χ2v) is 9.67. The molecule has 168 valence electrons. The molecular weight excluding hydrogens is 409 g/mol. The van der Waals surface area contributed by atoms with E-state index in [4.69, 9.17) is 9.72 Å². The number of anilines is 1. The summed E-state index contributed by atoms with van der Waals surface area (Å²) in [4.78, 5) is 22.9. The summed E-state index contributed by atoms with van der Waals surface area (Å²) < 4.78 is 22.1. The smallest absolute Gasteiger partial charge is 0.410 e. The largest absolute Gasteiger partial charge is 0.444 e. The first-order valence-corrected chi connectivity index (χ1v) is 11.1. The first kappa shape index (κ1) is 20.7. The van der Waals surface area contributed by atoms with Crippen LogP contribution in [-0.2, 0) is 4.74 Å². The minimum atomic E-state index is -1.20. The minimum Gasteiger partial charge on any atom is -0.444 e. The van der Waals surface area contributed by atoms with E-state index in [0.29, 0.717) is 11.7 Å². The van der Waals surface area contributed by atoms with Gasteiger partial charge in [-0.25, -0.2) is 19.2 Å². The number of ether oxygens (including phenoxy) is 1. The van der Waals surface area contributed by atoms with E-state index in [1.54, 1.807) is 20.8 Å². The standard InChI is InChI=1S/C24H28FN5O2/c1-24(2,3)32-23(31)29-13-17(25)19(14-29)28-21-6-4-5-18(27-21)20-11-26-22-10-9-16(12-30(20)22)15-7-8-15/h4-6,9-12,15,17,19H,7-8,13-14H2,1-3H3,(H,27,28)/t17-,19-/m0/s1. The van der Waals surface area contributed by atoms with Crippen molar-refractivity contribution >= 4 is 17.6 Å². The average molecular weight is 438 g/mol. The molecule has 0 spiro atoms. The summed E-state index contributed by atoms with van der Waals surface area (Å²) in [6.07, 6.45) is 4.73. The summed E-state index contributed by atoms with van der Waals surface area (Å²) >= 11 is 0. The van der Waals surface area contributed by atoms with Crippen LogP contribution in [0.25, 0.3) is 17.0 Å². The predicted molar refractivity (Wildman–Crippen MR) is 121 cm³/mol. The van der Waals surface area contributed by atoms with E-state index in [2.05, 4.69) is 27.0 Å². The third-order valence-electron chi connectivity index (χ3n) is 5.82. The Morgan fingerprint density at radius 1 is 1.19 bits per heavy atom. The molecule has 8 heteroatoms. The van der Waals surface area contributed by atoms with Gasteiger partial charge in [-0.1, -0.05) is 12.1 Å². The Hall–Kier alpha value is -3.16. The van der Waals surface area contributed by atoms with Gasteiger partial charge in [0, 0.05) is 12.7 Å². The van der Waals surface area contributed by atoms with Crippen LogP contribution in [0.1, 0.15) is 45.1 Å². The molecule has 32 heavy (non-hydrogen) atoms. The van der Waals surface area contributed by atoms with Crippen molar-refractivity contribution < 1.29 is 13.9 Å². The number of halogens is 1. The Kier molecular flexibility index (Phi) is 5.03. The quantitative estimate of drug-likeness (QED) is 0.644. The van der Waals surface area contributed by atoms with Crippen LogP contribution in [-0.4, -0.2) is 56.3 Å². The number of carbonyl (C=O) groups excluding carboxylic acids is 1. The van der Waals surface area contributed by atoms with Crippen LogP contribution in [0.2, 0.25) is 0 Å². The van der Waals surface area contributed by atoms with Crippen molar-refractivity contribution in [2.75, 3.05) is 18.4 Å². The third-order valence-corrected chi connectivity index (χ3v) is 5.82. The van der Waals surface area contributed by atoms with E-state index in [9.17, 15) is 9.18 Å². The molecule has 1 saturated carbocycles. The van der Waals surface area contributed by atoms with Gasteiger partial charge in [0.25, 0.3) is 0 Å². The number of alkyl halides is 1. The molecule has 2 aliphatic rings. The van der Waals surface area contributed by atoms with Crippen molar-refractivity contribution in [3.63, 3.8) is 0 Å². The number of fused-ring (bicyclic) bond motifs is 1. The molecule has 0 aromatic carbocycles. The highest BCUT2D eigenvalue weighted by Crippen LogP contribution is 2.40. The highest BCUT2D eigenvalue weighted by molar-refractivity contribution is 5.69. The van der Waals surface area contributed by atoms with Crippen LogP contribution in [0.3, 0.4) is 0 Å². The number of rotatable bonds is 4. The summed E-state index contributed by atoms with van der Waals surface area (Å²) in [6, 6.07) is 9.26. The molecule has 3 aromatic heterocycles. The number of nitrogens with zero attached hydrogens (tertiary/aromatic N) is 4. The molecule has 7 nitrogen and oxygen atoms in total. The SMILES string of the molecule is CC(C)(C)OC(=O)N1C[C@H](Nc2cccc(-c3cnc4ccc(C5CC5)cn34)n2)[C@@H](F)C1. The average Bonchev–Trinajstić information content (AvgIpc) is 3.40. The lowest BCUT2D eigenvalue weighted by atomic mass is 10.2. The van der Waals surface area contributed by atoms with Gasteiger partial charge in [-0.2, -0.15) is 0 Å². The monoisotopic (exact) mass is 437 g/mol. The number of hydrogen-bond acceptors (Lipinski definition) is 5. The molecule has 5 rings (SSSR count).